The van der Waals surface area contributed by atoms with Gasteiger partial charge in [0.15, 0.2) is 0 Å². The molecule has 0 N–H and O–H groups in total. The van der Waals surface area contributed by atoms with Crippen LogP contribution in [0, 0.1) is 5.82 Å². The van der Waals surface area contributed by atoms with Crippen LogP contribution in [0.2, 0.25) is 5.28 Å². The fraction of sp³-hybridized carbons (Fsp3) is 0.0417. The van der Waals surface area contributed by atoms with Gasteiger partial charge in [0.05, 0.1) is 23.0 Å². The Hall–Kier alpha value is -3.77. The lowest BCUT2D eigenvalue weighted by Crippen LogP contribution is -1.95. The molecule has 0 fully saturated rings. The van der Waals surface area contributed by atoms with Crippen molar-refractivity contribution in [3.8, 4) is 28.3 Å². The summed E-state index contributed by atoms with van der Waals surface area (Å²) < 4.78 is 21.2. The highest BCUT2D eigenvalue weighted by molar-refractivity contribution is 6.28. The standard InChI is InChI=1S/C24H16ClFN4O/c25-24-27-13-12-20(28-24)22-21-11-8-18(26)14-30(21)29-23(22)17-6-9-19(10-7-17)31-15-16-4-2-1-3-5-16/h1-14H,15H2. The summed E-state index contributed by atoms with van der Waals surface area (Å²) in [4.78, 5) is 8.29. The van der Waals surface area contributed by atoms with Crippen molar-refractivity contribution >= 4 is 17.1 Å². The van der Waals surface area contributed by atoms with Crippen molar-refractivity contribution in [3.05, 3.63) is 102 Å². The molecule has 0 saturated heterocycles. The SMILES string of the molecule is Fc1ccc2c(-c3ccnc(Cl)n3)c(-c3ccc(OCc4ccccc4)cc3)nn2c1. The quantitative estimate of drug-likeness (QED) is 0.329. The molecule has 0 bridgehead atoms. The van der Waals surface area contributed by atoms with E-state index >= 15 is 0 Å². The van der Waals surface area contributed by atoms with Crippen LogP contribution in [-0.2, 0) is 6.61 Å². The Kier molecular flexibility index (Phi) is 5.06. The first kappa shape index (κ1) is 19.2. The molecule has 0 atom stereocenters. The summed E-state index contributed by atoms with van der Waals surface area (Å²) in [6.07, 6.45) is 2.92. The maximum Gasteiger partial charge on any atom is 0.222 e. The predicted molar refractivity (Wildman–Crippen MR) is 117 cm³/mol. The molecular formula is C24H16ClFN4O. The van der Waals surface area contributed by atoms with E-state index in [0.717, 1.165) is 28.0 Å². The van der Waals surface area contributed by atoms with Crippen LogP contribution in [0.4, 0.5) is 4.39 Å². The van der Waals surface area contributed by atoms with E-state index in [0.29, 0.717) is 18.0 Å². The molecule has 3 aromatic heterocycles. The summed E-state index contributed by atoms with van der Waals surface area (Å²) in [7, 11) is 0. The fourth-order valence-electron chi connectivity index (χ4n) is 3.40. The molecule has 0 saturated carbocycles. The van der Waals surface area contributed by atoms with Crippen molar-refractivity contribution in [2.75, 3.05) is 0 Å². The molecule has 31 heavy (non-hydrogen) atoms. The van der Waals surface area contributed by atoms with E-state index in [4.69, 9.17) is 16.3 Å². The van der Waals surface area contributed by atoms with Gasteiger partial charge >= 0.3 is 0 Å². The van der Waals surface area contributed by atoms with Gasteiger partial charge in [-0.05, 0) is 59.6 Å². The van der Waals surface area contributed by atoms with Crippen LogP contribution < -0.4 is 4.74 Å². The van der Waals surface area contributed by atoms with Crippen LogP contribution in [-0.4, -0.2) is 19.6 Å². The molecule has 0 aliphatic heterocycles. The summed E-state index contributed by atoms with van der Waals surface area (Å²) in [6.45, 7) is 0.485. The van der Waals surface area contributed by atoms with Crippen molar-refractivity contribution in [3.63, 3.8) is 0 Å². The highest BCUT2D eigenvalue weighted by Gasteiger charge is 2.18. The molecule has 5 rings (SSSR count). The second-order valence-electron chi connectivity index (χ2n) is 6.91. The maximum atomic E-state index is 13.8. The molecule has 152 valence electrons. The summed E-state index contributed by atoms with van der Waals surface area (Å²) in [5.74, 6) is 0.368. The molecule has 0 spiro atoms. The Morgan fingerprint density at radius 2 is 1.74 bits per heavy atom. The molecule has 0 unspecified atom stereocenters. The second-order valence-corrected chi connectivity index (χ2v) is 7.25. The molecule has 2 aromatic carbocycles. The molecular weight excluding hydrogens is 415 g/mol. The smallest absolute Gasteiger partial charge is 0.222 e. The highest BCUT2D eigenvalue weighted by atomic mass is 35.5. The van der Waals surface area contributed by atoms with E-state index in [9.17, 15) is 4.39 Å². The van der Waals surface area contributed by atoms with Gasteiger partial charge in [0.25, 0.3) is 0 Å². The van der Waals surface area contributed by atoms with Crippen LogP contribution in [0.5, 0.6) is 5.75 Å². The third kappa shape index (κ3) is 3.98. The van der Waals surface area contributed by atoms with Gasteiger partial charge in [-0.2, -0.15) is 5.10 Å². The van der Waals surface area contributed by atoms with Gasteiger partial charge < -0.3 is 4.74 Å². The van der Waals surface area contributed by atoms with Crippen molar-refractivity contribution in [2.24, 2.45) is 0 Å². The van der Waals surface area contributed by atoms with Gasteiger partial charge in [-0.3, -0.25) is 0 Å². The third-order valence-electron chi connectivity index (χ3n) is 4.85. The van der Waals surface area contributed by atoms with Crippen molar-refractivity contribution in [1.29, 1.82) is 0 Å². The number of nitrogens with zero attached hydrogens (tertiary/aromatic N) is 4. The van der Waals surface area contributed by atoms with Crippen molar-refractivity contribution in [1.82, 2.24) is 19.6 Å². The summed E-state index contributed by atoms with van der Waals surface area (Å²) in [6, 6.07) is 22.4. The molecule has 0 radical (unpaired) electrons. The number of hydrogen-bond donors (Lipinski definition) is 0. The number of halogens is 2. The Labute approximate surface area is 182 Å². The molecule has 7 heteroatoms. The molecule has 3 heterocycles. The lowest BCUT2D eigenvalue weighted by molar-refractivity contribution is 0.306. The first-order valence-corrected chi connectivity index (χ1v) is 9.99. The minimum Gasteiger partial charge on any atom is -0.489 e. The van der Waals surface area contributed by atoms with E-state index in [2.05, 4.69) is 15.1 Å². The number of fused-ring (bicyclic) bond motifs is 1. The number of rotatable bonds is 5. The monoisotopic (exact) mass is 430 g/mol. The van der Waals surface area contributed by atoms with Gasteiger partial charge in [-0.25, -0.2) is 18.9 Å². The molecule has 0 amide bonds. The zero-order valence-electron chi connectivity index (χ0n) is 16.2. The van der Waals surface area contributed by atoms with E-state index < -0.39 is 0 Å². The Bertz CT molecular complexity index is 1350. The van der Waals surface area contributed by atoms with Gasteiger partial charge in [0.1, 0.15) is 23.9 Å². The van der Waals surface area contributed by atoms with Gasteiger partial charge in [0.2, 0.25) is 5.28 Å². The van der Waals surface area contributed by atoms with Crippen LogP contribution in [0.15, 0.2) is 85.2 Å². The largest absolute Gasteiger partial charge is 0.489 e. The number of hydrogen-bond acceptors (Lipinski definition) is 4. The molecule has 5 nitrogen and oxygen atoms in total. The zero-order valence-corrected chi connectivity index (χ0v) is 17.0. The lowest BCUT2D eigenvalue weighted by Gasteiger charge is -2.08. The Morgan fingerprint density at radius 3 is 2.52 bits per heavy atom. The highest BCUT2D eigenvalue weighted by Crippen LogP contribution is 2.35. The number of ether oxygens (including phenoxy) is 1. The van der Waals surface area contributed by atoms with E-state index in [1.165, 1.54) is 16.8 Å². The van der Waals surface area contributed by atoms with Gasteiger partial charge in [-0.1, -0.05) is 30.3 Å². The minimum atomic E-state index is -0.376. The fourth-order valence-corrected chi connectivity index (χ4v) is 3.55. The molecule has 0 aliphatic rings. The average Bonchev–Trinajstić information content (AvgIpc) is 3.17. The first-order chi connectivity index (χ1) is 15.2. The second kappa shape index (κ2) is 8.16. The summed E-state index contributed by atoms with van der Waals surface area (Å²) >= 11 is 6.02. The van der Waals surface area contributed by atoms with E-state index in [1.54, 1.807) is 18.3 Å². The van der Waals surface area contributed by atoms with Crippen LogP contribution in [0.25, 0.3) is 28.0 Å². The van der Waals surface area contributed by atoms with E-state index in [1.807, 2.05) is 54.6 Å². The number of benzene rings is 2. The average molecular weight is 431 g/mol. The Morgan fingerprint density at radius 1 is 0.935 bits per heavy atom. The molecule has 5 aromatic rings. The van der Waals surface area contributed by atoms with Crippen LogP contribution >= 0.6 is 11.6 Å². The Balaban J connectivity index is 1.53. The summed E-state index contributed by atoms with van der Waals surface area (Å²) in [5.41, 5.74) is 4.69. The third-order valence-corrected chi connectivity index (χ3v) is 5.03. The summed E-state index contributed by atoms with van der Waals surface area (Å²) in [5, 5.41) is 4.74. The molecule has 0 aliphatic carbocycles. The van der Waals surface area contributed by atoms with Crippen molar-refractivity contribution in [2.45, 2.75) is 6.61 Å². The van der Waals surface area contributed by atoms with Crippen LogP contribution in [0.3, 0.4) is 0 Å². The van der Waals surface area contributed by atoms with Gasteiger partial charge in [-0.15, -0.1) is 0 Å². The number of pyridine rings is 1. The van der Waals surface area contributed by atoms with Crippen LogP contribution in [0.1, 0.15) is 5.56 Å². The number of aromatic nitrogens is 4. The normalized spacial score (nSPS) is 11.0. The van der Waals surface area contributed by atoms with E-state index in [-0.39, 0.29) is 11.1 Å². The lowest BCUT2D eigenvalue weighted by atomic mass is 10.0. The minimum absolute atomic E-state index is 0.134. The first-order valence-electron chi connectivity index (χ1n) is 9.61. The topological polar surface area (TPSA) is 52.3 Å². The van der Waals surface area contributed by atoms with Crippen molar-refractivity contribution < 1.29 is 9.13 Å². The predicted octanol–water partition coefficient (Wildman–Crippen LogP) is 5.83. The maximum absolute atomic E-state index is 13.8. The zero-order chi connectivity index (χ0) is 21.2. The van der Waals surface area contributed by atoms with Gasteiger partial charge in [0, 0.05) is 11.8 Å².